The normalized spacial score (nSPS) is 9.48. The first-order valence-corrected chi connectivity index (χ1v) is 6.32. The Labute approximate surface area is 122 Å². The summed E-state index contributed by atoms with van der Waals surface area (Å²) in [7, 11) is 0. The van der Waals surface area contributed by atoms with E-state index in [0.717, 1.165) is 0 Å². The fourth-order valence-electron chi connectivity index (χ4n) is 1.74. The summed E-state index contributed by atoms with van der Waals surface area (Å²) in [6.07, 6.45) is -0.208. The molecular weight excluding hydrogens is 266 g/mol. The Kier molecular flexibility index (Phi) is 4.67. The van der Waals surface area contributed by atoms with Gasteiger partial charge < -0.3 is 10.6 Å². The van der Waals surface area contributed by atoms with Crippen molar-refractivity contribution < 1.29 is 9.59 Å². The second-order valence-corrected chi connectivity index (χ2v) is 4.28. The van der Waals surface area contributed by atoms with E-state index >= 15 is 0 Å². The molecule has 0 saturated heterocycles. The van der Waals surface area contributed by atoms with E-state index in [9.17, 15) is 9.59 Å². The SMILES string of the molecule is N#CCC(=O)Nc1cccc(NC(=O)c2ccccc2)c1. The van der Waals surface area contributed by atoms with Gasteiger partial charge in [0, 0.05) is 16.9 Å². The van der Waals surface area contributed by atoms with Crippen LogP contribution in [0.2, 0.25) is 0 Å². The number of anilines is 2. The molecule has 0 heterocycles. The highest BCUT2D eigenvalue weighted by molar-refractivity contribution is 6.04. The lowest BCUT2D eigenvalue weighted by Gasteiger charge is -2.08. The molecule has 0 aliphatic carbocycles. The molecule has 0 aliphatic rings. The number of hydrogen-bond acceptors (Lipinski definition) is 3. The smallest absolute Gasteiger partial charge is 0.255 e. The van der Waals surface area contributed by atoms with Crippen LogP contribution < -0.4 is 10.6 Å². The third-order valence-corrected chi connectivity index (χ3v) is 2.68. The number of amides is 2. The van der Waals surface area contributed by atoms with Gasteiger partial charge in [-0.3, -0.25) is 9.59 Å². The van der Waals surface area contributed by atoms with Crippen LogP contribution in [0.4, 0.5) is 11.4 Å². The highest BCUT2D eigenvalue weighted by atomic mass is 16.2. The summed E-state index contributed by atoms with van der Waals surface area (Å²) in [5.74, 6) is -0.611. The lowest BCUT2D eigenvalue weighted by atomic mass is 10.2. The van der Waals surface area contributed by atoms with Gasteiger partial charge in [-0.2, -0.15) is 5.26 Å². The molecule has 5 heteroatoms. The molecule has 0 radical (unpaired) electrons. The summed E-state index contributed by atoms with van der Waals surface area (Å²) in [6, 6.07) is 17.4. The predicted molar refractivity (Wildman–Crippen MR) is 79.7 cm³/mol. The molecule has 2 rings (SSSR count). The van der Waals surface area contributed by atoms with Crippen LogP contribution in [-0.4, -0.2) is 11.8 Å². The number of nitriles is 1. The van der Waals surface area contributed by atoms with Crippen LogP contribution in [0.5, 0.6) is 0 Å². The third kappa shape index (κ3) is 4.18. The largest absolute Gasteiger partial charge is 0.325 e. The second-order valence-electron chi connectivity index (χ2n) is 4.28. The van der Waals surface area contributed by atoms with Crippen LogP contribution in [-0.2, 0) is 4.79 Å². The summed E-state index contributed by atoms with van der Waals surface area (Å²) in [5, 5.41) is 13.8. The molecule has 0 fully saturated rings. The highest BCUT2D eigenvalue weighted by Crippen LogP contribution is 2.16. The molecular formula is C16H13N3O2. The number of carbonyl (C=O) groups is 2. The molecule has 0 saturated carbocycles. The highest BCUT2D eigenvalue weighted by Gasteiger charge is 2.06. The molecule has 0 atom stereocenters. The fraction of sp³-hybridized carbons (Fsp3) is 0.0625. The zero-order valence-corrected chi connectivity index (χ0v) is 11.2. The topological polar surface area (TPSA) is 82.0 Å². The molecule has 2 aromatic rings. The van der Waals surface area contributed by atoms with Crippen molar-refractivity contribution in [3.63, 3.8) is 0 Å². The van der Waals surface area contributed by atoms with Gasteiger partial charge in [0.2, 0.25) is 5.91 Å². The van der Waals surface area contributed by atoms with Crippen molar-refractivity contribution >= 4 is 23.2 Å². The summed E-state index contributed by atoms with van der Waals surface area (Å²) in [5.41, 5.74) is 1.65. The Morgan fingerprint density at radius 2 is 1.62 bits per heavy atom. The third-order valence-electron chi connectivity index (χ3n) is 2.68. The number of carbonyl (C=O) groups excluding carboxylic acids is 2. The van der Waals surface area contributed by atoms with Crippen LogP contribution in [0, 0.1) is 11.3 Å². The summed E-state index contributed by atoms with van der Waals surface area (Å²) in [6.45, 7) is 0. The first kappa shape index (κ1) is 14.3. The minimum absolute atomic E-state index is 0.208. The van der Waals surface area contributed by atoms with Gasteiger partial charge in [-0.15, -0.1) is 0 Å². The zero-order valence-electron chi connectivity index (χ0n) is 11.2. The fourth-order valence-corrected chi connectivity index (χ4v) is 1.74. The zero-order chi connectivity index (χ0) is 15.1. The van der Waals surface area contributed by atoms with Crippen molar-refractivity contribution in [2.45, 2.75) is 6.42 Å². The molecule has 0 aliphatic heterocycles. The molecule has 2 aromatic carbocycles. The van der Waals surface area contributed by atoms with Gasteiger partial charge >= 0.3 is 0 Å². The van der Waals surface area contributed by atoms with Crippen molar-refractivity contribution in [1.29, 1.82) is 5.26 Å². The van der Waals surface area contributed by atoms with Gasteiger partial charge in [-0.1, -0.05) is 24.3 Å². The number of rotatable bonds is 4. The van der Waals surface area contributed by atoms with Crippen LogP contribution >= 0.6 is 0 Å². The Morgan fingerprint density at radius 3 is 2.29 bits per heavy atom. The van der Waals surface area contributed by atoms with Crippen molar-refractivity contribution in [3.8, 4) is 6.07 Å². The molecule has 0 bridgehead atoms. The summed E-state index contributed by atoms with van der Waals surface area (Å²) >= 11 is 0. The van der Waals surface area contributed by atoms with E-state index < -0.39 is 0 Å². The van der Waals surface area contributed by atoms with Crippen LogP contribution in [0.25, 0.3) is 0 Å². The van der Waals surface area contributed by atoms with Gasteiger partial charge in [-0.05, 0) is 30.3 Å². The predicted octanol–water partition coefficient (Wildman–Crippen LogP) is 2.79. The number of nitrogens with zero attached hydrogens (tertiary/aromatic N) is 1. The van der Waals surface area contributed by atoms with Gasteiger partial charge in [0.1, 0.15) is 6.42 Å². The number of nitrogens with one attached hydrogen (secondary N) is 2. The maximum absolute atomic E-state index is 12.0. The van der Waals surface area contributed by atoms with E-state index in [2.05, 4.69) is 10.6 Å². The molecule has 2 N–H and O–H groups in total. The molecule has 0 unspecified atom stereocenters. The van der Waals surface area contributed by atoms with Crippen molar-refractivity contribution in [1.82, 2.24) is 0 Å². The first-order chi connectivity index (χ1) is 10.2. The Hall–Kier alpha value is -3.13. The van der Waals surface area contributed by atoms with Crippen molar-refractivity contribution in [2.24, 2.45) is 0 Å². The van der Waals surface area contributed by atoms with Crippen molar-refractivity contribution in [3.05, 3.63) is 60.2 Å². The maximum Gasteiger partial charge on any atom is 0.255 e. The lowest BCUT2D eigenvalue weighted by molar-refractivity contribution is -0.115. The molecule has 2 amide bonds. The number of benzene rings is 2. The van der Waals surface area contributed by atoms with E-state index in [1.165, 1.54) is 0 Å². The molecule has 0 aromatic heterocycles. The minimum Gasteiger partial charge on any atom is -0.325 e. The summed E-state index contributed by atoms with van der Waals surface area (Å²) in [4.78, 5) is 23.4. The second kappa shape index (κ2) is 6.87. The summed E-state index contributed by atoms with van der Waals surface area (Å²) < 4.78 is 0. The Balaban J connectivity index is 2.06. The van der Waals surface area contributed by atoms with Gasteiger partial charge in [0.25, 0.3) is 5.91 Å². The van der Waals surface area contributed by atoms with E-state index in [1.807, 2.05) is 6.07 Å². The minimum atomic E-state index is -0.385. The van der Waals surface area contributed by atoms with E-state index in [-0.39, 0.29) is 18.2 Å². The molecule has 21 heavy (non-hydrogen) atoms. The van der Waals surface area contributed by atoms with Crippen LogP contribution in [0.15, 0.2) is 54.6 Å². The lowest BCUT2D eigenvalue weighted by Crippen LogP contribution is -2.13. The average molecular weight is 279 g/mol. The van der Waals surface area contributed by atoms with Crippen LogP contribution in [0.1, 0.15) is 16.8 Å². The monoisotopic (exact) mass is 279 g/mol. The van der Waals surface area contributed by atoms with E-state index in [0.29, 0.717) is 16.9 Å². The standard InChI is InChI=1S/C16H13N3O2/c17-10-9-15(20)18-13-7-4-8-14(11-13)19-16(21)12-5-2-1-3-6-12/h1-8,11H,9H2,(H,18,20)(H,19,21). The van der Waals surface area contributed by atoms with Gasteiger partial charge in [-0.25, -0.2) is 0 Å². The molecule has 0 spiro atoms. The quantitative estimate of drug-likeness (QED) is 0.902. The van der Waals surface area contributed by atoms with E-state index in [1.54, 1.807) is 54.6 Å². The number of hydrogen-bond donors (Lipinski definition) is 2. The molecule has 5 nitrogen and oxygen atoms in total. The van der Waals surface area contributed by atoms with E-state index in [4.69, 9.17) is 5.26 Å². The van der Waals surface area contributed by atoms with Crippen molar-refractivity contribution in [2.75, 3.05) is 10.6 Å². The maximum atomic E-state index is 12.0. The Morgan fingerprint density at radius 1 is 0.952 bits per heavy atom. The molecule has 104 valence electrons. The average Bonchev–Trinajstić information content (AvgIpc) is 2.48. The Bertz CT molecular complexity index is 690. The first-order valence-electron chi connectivity index (χ1n) is 6.32. The van der Waals surface area contributed by atoms with Gasteiger partial charge in [0.05, 0.1) is 6.07 Å². The van der Waals surface area contributed by atoms with Gasteiger partial charge in [0.15, 0.2) is 0 Å². The van der Waals surface area contributed by atoms with Crippen LogP contribution in [0.3, 0.4) is 0 Å².